The summed E-state index contributed by atoms with van der Waals surface area (Å²) < 4.78 is 0.578. The predicted molar refractivity (Wildman–Crippen MR) is 80.8 cm³/mol. The molecule has 0 aliphatic rings. The molecule has 1 aromatic carbocycles. The quantitative estimate of drug-likeness (QED) is 0.833. The molecule has 0 fully saturated rings. The van der Waals surface area contributed by atoms with Crippen molar-refractivity contribution in [2.24, 2.45) is 0 Å². The second-order valence-corrected chi connectivity index (χ2v) is 5.25. The number of aromatic amines is 1. The van der Waals surface area contributed by atoms with Gasteiger partial charge in [-0.1, -0.05) is 29.8 Å². The highest BCUT2D eigenvalue weighted by molar-refractivity contribution is 14.1. The average Bonchev–Trinajstić information content (AvgIpc) is 2.36. The van der Waals surface area contributed by atoms with Crippen molar-refractivity contribution in [3.05, 3.63) is 55.6 Å². The van der Waals surface area contributed by atoms with Crippen LogP contribution in [0.25, 0.3) is 0 Å². The summed E-state index contributed by atoms with van der Waals surface area (Å²) in [7, 11) is 0. The number of anilines is 1. The van der Waals surface area contributed by atoms with Crippen LogP contribution in [-0.4, -0.2) is 9.97 Å². The first-order chi connectivity index (χ1) is 8.58. The lowest BCUT2D eigenvalue weighted by Gasteiger charge is -2.15. The third kappa shape index (κ3) is 2.90. The standard InChI is InChI=1S/C13H14IN3O/c1-8-3-5-10(6-4-8)9(2)17-12-11(14)13(18)16-7-15-12/h3-7,9H,1-2H3,(H2,15,16,17,18). The molecule has 2 aromatic rings. The van der Waals surface area contributed by atoms with E-state index in [1.165, 1.54) is 17.5 Å². The van der Waals surface area contributed by atoms with Gasteiger partial charge in [-0.2, -0.15) is 0 Å². The number of halogens is 1. The van der Waals surface area contributed by atoms with Gasteiger partial charge in [-0.05, 0) is 42.0 Å². The first-order valence-electron chi connectivity index (χ1n) is 5.64. The van der Waals surface area contributed by atoms with Crippen molar-refractivity contribution in [2.75, 3.05) is 5.32 Å². The second kappa shape index (κ2) is 5.51. The topological polar surface area (TPSA) is 57.8 Å². The number of nitrogens with one attached hydrogen (secondary N) is 2. The SMILES string of the molecule is Cc1ccc(C(C)Nc2nc[nH]c(=O)c2I)cc1. The van der Waals surface area contributed by atoms with E-state index in [2.05, 4.69) is 46.5 Å². The molecule has 0 aliphatic carbocycles. The number of hydrogen-bond donors (Lipinski definition) is 2. The van der Waals surface area contributed by atoms with Crippen LogP contribution in [-0.2, 0) is 0 Å². The summed E-state index contributed by atoms with van der Waals surface area (Å²) in [5.74, 6) is 0.618. The van der Waals surface area contributed by atoms with Gasteiger partial charge >= 0.3 is 0 Å². The Kier molecular flexibility index (Phi) is 4.00. The summed E-state index contributed by atoms with van der Waals surface area (Å²) in [6, 6.07) is 8.40. The molecule has 0 saturated heterocycles. The highest BCUT2D eigenvalue weighted by Crippen LogP contribution is 2.19. The maximum Gasteiger partial charge on any atom is 0.266 e. The van der Waals surface area contributed by atoms with Gasteiger partial charge in [0, 0.05) is 6.04 Å². The summed E-state index contributed by atoms with van der Waals surface area (Å²) in [6.45, 7) is 4.10. The van der Waals surface area contributed by atoms with Crippen molar-refractivity contribution in [2.45, 2.75) is 19.9 Å². The third-order valence-electron chi connectivity index (χ3n) is 2.73. The summed E-state index contributed by atoms with van der Waals surface area (Å²) in [6.07, 6.45) is 1.41. The van der Waals surface area contributed by atoms with Crippen molar-refractivity contribution in [1.29, 1.82) is 0 Å². The summed E-state index contributed by atoms with van der Waals surface area (Å²) in [5, 5.41) is 3.25. The molecular weight excluding hydrogens is 341 g/mol. The number of hydrogen-bond acceptors (Lipinski definition) is 3. The number of aromatic nitrogens is 2. The molecule has 0 amide bonds. The number of benzene rings is 1. The van der Waals surface area contributed by atoms with Crippen LogP contribution in [0.1, 0.15) is 24.1 Å². The van der Waals surface area contributed by atoms with Crippen molar-refractivity contribution >= 4 is 28.4 Å². The Bertz CT molecular complexity index is 592. The van der Waals surface area contributed by atoms with Crippen molar-refractivity contribution in [3.8, 4) is 0 Å². The fraction of sp³-hybridized carbons (Fsp3) is 0.231. The zero-order valence-corrected chi connectivity index (χ0v) is 12.4. The van der Waals surface area contributed by atoms with Gasteiger partial charge in [-0.15, -0.1) is 0 Å². The molecule has 1 aromatic heterocycles. The molecule has 0 radical (unpaired) electrons. The van der Waals surface area contributed by atoms with E-state index in [-0.39, 0.29) is 11.6 Å². The number of aryl methyl sites for hydroxylation is 1. The van der Waals surface area contributed by atoms with Gasteiger partial charge in [0.2, 0.25) is 0 Å². The zero-order valence-electron chi connectivity index (χ0n) is 10.2. The summed E-state index contributed by atoms with van der Waals surface area (Å²) in [5.41, 5.74) is 2.28. The van der Waals surface area contributed by atoms with E-state index in [0.29, 0.717) is 9.39 Å². The minimum atomic E-state index is -0.121. The normalized spacial score (nSPS) is 12.2. The van der Waals surface area contributed by atoms with Gasteiger partial charge in [0.05, 0.1) is 6.33 Å². The highest BCUT2D eigenvalue weighted by atomic mass is 127. The number of rotatable bonds is 3. The Labute approximate surface area is 119 Å². The van der Waals surface area contributed by atoms with E-state index < -0.39 is 0 Å². The van der Waals surface area contributed by atoms with Gasteiger partial charge in [0.1, 0.15) is 9.39 Å². The largest absolute Gasteiger partial charge is 0.362 e. The third-order valence-corrected chi connectivity index (χ3v) is 3.73. The second-order valence-electron chi connectivity index (χ2n) is 4.17. The maximum atomic E-state index is 11.5. The Hall–Kier alpha value is -1.37. The molecule has 1 unspecified atom stereocenters. The zero-order chi connectivity index (χ0) is 13.1. The first-order valence-corrected chi connectivity index (χ1v) is 6.72. The van der Waals surface area contributed by atoms with Crippen LogP contribution < -0.4 is 10.9 Å². The highest BCUT2D eigenvalue weighted by Gasteiger charge is 2.10. The fourth-order valence-corrected chi connectivity index (χ4v) is 2.08. The lowest BCUT2D eigenvalue weighted by atomic mass is 10.1. The van der Waals surface area contributed by atoms with E-state index in [4.69, 9.17) is 0 Å². The smallest absolute Gasteiger partial charge is 0.266 e. The molecule has 0 saturated carbocycles. The minimum absolute atomic E-state index is 0.105. The maximum absolute atomic E-state index is 11.5. The molecule has 2 N–H and O–H groups in total. The molecule has 4 nitrogen and oxygen atoms in total. The summed E-state index contributed by atoms with van der Waals surface area (Å²) in [4.78, 5) is 18.2. The van der Waals surface area contributed by atoms with Crippen LogP contribution in [0.5, 0.6) is 0 Å². The molecule has 5 heteroatoms. The lowest BCUT2D eigenvalue weighted by Crippen LogP contribution is -2.16. The van der Waals surface area contributed by atoms with Crippen LogP contribution in [0.4, 0.5) is 5.82 Å². The summed E-state index contributed by atoms with van der Waals surface area (Å²) >= 11 is 1.99. The molecule has 0 aliphatic heterocycles. The van der Waals surface area contributed by atoms with Crippen LogP contribution in [0.15, 0.2) is 35.4 Å². The van der Waals surface area contributed by atoms with Gasteiger partial charge in [0.15, 0.2) is 0 Å². The molecule has 1 heterocycles. The van der Waals surface area contributed by atoms with E-state index in [0.717, 1.165) is 0 Å². The monoisotopic (exact) mass is 355 g/mol. The average molecular weight is 355 g/mol. The fourth-order valence-electron chi connectivity index (χ4n) is 1.63. The van der Waals surface area contributed by atoms with E-state index >= 15 is 0 Å². The molecule has 1 atom stereocenters. The number of H-pyrrole nitrogens is 1. The van der Waals surface area contributed by atoms with E-state index in [1.807, 2.05) is 29.5 Å². The van der Waals surface area contributed by atoms with E-state index in [1.54, 1.807) is 0 Å². The van der Waals surface area contributed by atoms with Crippen molar-refractivity contribution in [3.63, 3.8) is 0 Å². The van der Waals surface area contributed by atoms with E-state index in [9.17, 15) is 4.79 Å². The molecule has 0 spiro atoms. The Morgan fingerprint density at radius 1 is 1.33 bits per heavy atom. The lowest BCUT2D eigenvalue weighted by molar-refractivity contribution is 0.866. The van der Waals surface area contributed by atoms with Gasteiger partial charge < -0.3 is 10.3 Å². The molecule has 2 rings (SSSR count). The van der Waals surface area contributed by atoms with Crippen LogP contribution in [0.3, 0.4) is 0 Å². The Morgan fingerprint density at radius 2 is 2.00 bits per heavy atom. The Balaban J connectivity index is 2.21. The minimum Gasteiger partial charge on any atom is -0.362 e. The van der Waals surface area contributed by atoms with Crippen molar-refractivity contribution < 1.29 is 0 Å². The molecular formula is C13H14IN3O. The first kappa shape index (κ1) is 13.1. The van der Waals surface area contributed by atoms with Crippen molar-refractivity contribution in [1.82, 2.24) is 9.97 Å². The predicted octanol–water partition coefficient (Wildman–Crippen LogP) is 2.86. The molecule has 18 heavy (non-hydrogen) atoms. The molecule has 94 valence electrons. The number of nitrogens with zero attached hydrogens (tertiary/aromatic N) is 1. The van der Waals surface area contributed by atoms with Crippen LogP contribution in [0.2, 0.25) is 0 Å². The van der Waals surface area contributed by atoms with Gasteiger partial charge in [-0.25, -0.2) is 4.98 Å². The van der Waals surface area contributed by atoms with Gasteiger partial charge in [-0.3, -0.25) is 4.79 Å². The van der Waals surface area contributed by atoms with Gasteiger partial charge in [0.25, 0.3) is 5.56 Å². The van der Waals surface area contributed by atoms with Crippen LogP contribution in [0, 0.1) is 10.5 Å². The molecule has 0 bridgehead atoms. The van der Waals surface area contributed by atoms with Crippen LogP contribution >= 0.6 is 22.6 Å². The Morgan fingerprint density at radius 3 is 2.67 bits per heavy atom.